The van der Waals surface area contributed by atoms with Crippen LogP contribution in [0.25, 0.3) is 0 Å². The molecule has 5 nitrogen and oxygen atoms in total. The van der Waals surface area contributed by atoms with Crippen LogP contribution in [0.1, 0.15) is 17.5 Å². The molecule has 2 aromatic carbocycles. The maximum atomic E-state index is 14.3. The minimum absolute atomic E-state index is 0.198. The van der Waals surface area contributed by atoms with Crippen molar-refractivity contribution in [2.75, 3.05) is 6.61 Å². The highest BCUT2D eigenvalue weighted by Gasteiger charge is 2.75. The molecular weight excluding hydrogens is 411 g/mol. The van der Waals surface area contributed by atoms with Gasteiger partial charge in [0.1, 0.15) is 5.75 Å². The molecule has 0 unspecified atom stereocenters. The molecule has 0 spiro atoms. The van der Waals surface area contributed by atoms with E-state index < -0.39 is 36.8 Å². The lowest BCUT2D eigenvalue weighted by molar-refractivity contribution is -0.363. The first-order valence-electron chi connectivity index (χ1n) is 8.78. The van der Waals surface area contributed by atoms with Crippen LogP contribution in [0.15, 0.2) is 59.7 Å². The largest absolute Gasteiger partial charge is 0.483 e. The van der Waals surface area contributed by atoms with Gasteiger partial charge in [0, 0.05) is 6.42 Å². The Morgan fingerprint density at radius 2 is 1.70 bits per heavy atom. The van der Waals surface area contributed by atoms with Gasteiger partial charge in [-0.3, -0.25) is 4.79 Å². The number of aryl methyl sites for hydroxylation is 1. The summed E-state index contributed by atoms with van der Waals surface area (Å²) in [6, 6.07) is 13.9. The van der Waals surface area contributed by atoms with Gasteiger partial charge in [-0.1, -0.05) is 48.5 Å². The normalized spacial score (nSPS) is 19.6. The molecule has 0 bridgehead atoms. The number of carbonyl (C=O) groups is 1. The van der Waals surface area contributed by atoms with Gasteiger partial charge < -0.3 is 9.84 Å². The van der Waals surface area contributed by atoms with Crippen LogP contribution >= 0.6 is 0 Å². The average molecular weight is 428 g/mol. The molecule has 0 aliphatic carbocycles. The second-order valence-corrected chi connectivity index (χ2v) is 6.74. The molecular formula is C20H17F5N2O3. The molecule has 0 radical (unpaired) electrons. The second-order valence-electron chi connectivity index (χ2n) is 6.74. The van der Waals surface area contributed by atoms with Crippen molar-refractivity contribution in [2.45, 2.75) is 31.2 Å². The number of alkyl halides is 5. The van der Waals surface area contributed by atoms with E-state index >= 15 is 0 Å². The minimum Gasteiger partial charge on any atom is -0.483 e. The van der Waals surface area contributed by atoms with E-state index in [0.717, 1.165) is 0 Å². The molecule has 0 saturated heterocycles. The number of rotatable bonds is 5. The van der Waals surface area contributed by atoms with Crippen molar-refractivity contribution in [3.63, 3.8) is 0 Å². The first kappa shape index (κ1) is 21.7. The molecule has 3 rings (SSSR count). The molecule has 1 amide bonds. The van der Waals surface area contributed by atoms with Crippen LogP contribution in [0.4, 0.5) is 22.0 Å². The van der Waals surface area contributed by atoms with Gasteiger partial charge in [-0.2, -0.15) is 32.1 Å². The maximum absolute atomic E-state index is 14.3. The summed E-state index contributed by atoms with van der Waals surface area (Å²) in [6.45, 7) is 0.766. The summed E-state index contributed by atoms with van der Waals surface area (Å²) < 4.78 is 73.0. The summed E-state index contributed by atoms with van der Waals surface area (Å²) in [5, 5.41) is 13.8. The topological polar surface area (TPSA) is 62.1 Å². The predicted molar refractivity (Wildman–Crippen MR) is 97.1 cm³/mol. The van der Waals surface area contributed by atoms with Crippen molar-refractivity contribution >= 4 is 11.6 Å². The Labute approximate surface area is 168 Å². The van der Waals surface area contributed by atoms with Gasteiger partial charge in [-0.25, -0.2) is 0 Å². The molecule has 0 fully saturated rings. The molecule has 1 heterocycles. The van der Waals surface area contributed by atoms with E-state index in [1.807, 2.05) is 0 Å². The van der Waals surface area contributed by atoms with Crippen molar-refractivity contribution in [2.24, 2.45) is 5.10 Å². The Kier molecular flexibility index (Phi) is 5.55. The van der Waals surface area contributed by atoms with Gasteiger partial charge >= 0.3 is 12.1 Å². The number of nitrogens with zero attached hydrogens (tertiary/aromatic N) is 2. The first-order chi connectivity index (χ1) is 14.0. The van der Waals surface area contributed by atoms with E-state index in [1.54, 1.807) is 31.2 Å². The summed E-state index contributed by atoms with van der Waals surface area (Å²) in [6.07, 6.45) is -7.32. The third kappa shape index (κ3) is 3.74. The van der Waals surface area contributed by atoms with Crippen LogP contribution < -0.4 is 4.74 Å². The summed E-state index contributed by atoms with van der Waals surface area (Å²) >= 11 is 0. The Bertz CT molecular complexity index is 962. The molecule has 160 valence electrons. The first-order valence-corrected chi connectivity index (χ1v) is 8.78. The van der Waals surface area contributed by atoms with Crippen LogP contribution in [0.3, 0.4) is 0 Å². The molecule has 1 aliphatic heterocycles. The highest BCUT2D eigenvalue weighted by molar-refractivity contribution is 6.03. The van der Waals surface area contributed by atoms with E-state index in [9.17, 15) is 31.9 Å². The van der Waals surface area contributed by atoms with Crippen molar-refractivity contribution < 1.29 is 36.6 Å². The number of hydrazone groups is 1. The van der Waals surface area contributed by atoms with Gasteiger partial charge in [0.15, 0.2) is 6.61 Å². The van der Waals surface area contributed by atoms with E-state index in [0.29, 0.717) is 5.56 Å². The third-order valence-corrected chi connectivity index (χ3v) is 4.63. The molecule has 1 N–H and O–H groups in total. The van der Waals surface area contributed by atoms with E-state index in [2.05, 4.69) is 5.10 Å². The zero-order valence-electron chi connectivity index (χ0n) is 15.7. The smallest absolute Gasteiger partial charge is 0.458 e. The summed E-state index contributed by atoms with van der Waals surface area (Å²) in [5.74, 6) is -6.75. The molecule has 10 heteroatoms. The van der Waals surface area contributed by atoms with Crippen LogP contribution in [-0.2, 0) is 4.79 Å². The fourth-order valence-corrected chi connectivity index (χ4v) is 2.99. The lowest BCUT2D eigenvalue weighted by atomic mass is 9.95. The number of amides is 1. The molecule has 0 saturated carbocycles. The highest BCUT2D eigenvalue weighted by atomic mass is 19.4. The Balaban J connectivity index is 1.94. The number of aliphatic hydroxyl groups is 1. The number of para-hydroxylation sites is 1. The van der Waals surface area contributed by atoms with Crippen molar-refractivity contribution in [3.05, 3.63) is 65.7 Å². The lowest BCUT2D eigenvalue weighted by Crippen LogP contribution is -2.65. The van der Waals surface area contributed by atoms with Gasteiger partial charge in [0.05, 0.1) is 5.71 Å². The Morgan fingerprint density at radius 3 is 2.30 bits per heavy atom. The number of carbonyl (C=O) groups excluding carboxylic acids is 1. The van der Waals surface area contributed by atoms with E-state index in [1.165, 1.54) is 30.3 Å². The Morgan fingerprint density at radius 1 is 1.10 bits per heavy atom. The van der Waals surface area contributed by atoms with Crippen molar-refractivity contribution in [1.82, 2.24) is 5.01 Å². The average Bonchev–Trinajstić information content (AvgIpc) is 3.06. The number of hydrogen-bond acceptors (Lipinski definition) is 4. The number of ether oxygens (including phenoxy) is 1. The fourth-order valence-electron chi connectivity index (χ4n) is 2.99. The SMILES string of the molecule is Cc1ccccc1OCC(=O)N1N=C(c2ccccc2)C[C@]1(O)C(F)(F)C(F)(F)F. The van der Waals surface area contributed by atoms with Crippen molar-refractivity contribution in [3.8, 4) is 5.75 Å². The van der Waals surface area contributed by atoms with Gasteiger partial charge in [0.25, 0.3) is 5.91 Å². The number of benzene rings is 2. The lowest BCUT2D eigenvalue weighted by Gasteiger charge is -2.37. The van der Waals surface area contributed by atoms with Gasteiger partial charge in [-0.15, -0.1) is 0 Å². The standard InChI is InChI=1S/C20H17F5N2O3/c1-13-7-5-6-10-16(13)30-12-17(28)27-18(29,19(21,22)20(23,24)25)11-15(26-27)14-8-3-2-4-9-14/h2-10,29H,11-12H2,1H3/t18-/m0/s1. The quantitative estimate of drug-likeness (QED) is 0.735. The zero-order valence-corrected chi connectivity index (χ0v) is 15.7. The van der Waals surface area contributed by atoms with Crippen molar-refractivity contribution in [1.29, 1.82) is 0 Å². The van der Waals surface area contributed by atoms with Crippen LogP contribution in [0.2, 0.25) is 0 Å². The number of halogens is 5. The Hall–Kier alpha value is -3.01. The van der Waals surface area contributed by atoms with Crippen LogP contribution in [0, 0.1) is 6.92 Å². The van der Waals surface area contributed by atoms with Crippen LogP contribution in [0.5, 0.6) is 5.75 Å². The number of hydrogen-bond donors (Lipinski definition) is 1. The fraction of sp³-hybridized carbons (Fsp3) is 0.300. The summed E-state index contributed by atoms with van der Waals surface area (Å²) in [4.78, 5) is 12.5. The third-order valence-electron chi connectivity index (χ3n) is 4.63. The monoisotopic (exact) mass is 428 g/mol. The molecule has 1 atom stereocenters. The highest BCUT2D eigenvalue weighted by Crippen LogP contribution is 2.49. The summed E-state index contributed by atoms with van der Waals surface area (Å²) in [7, 11) is 0. The second kappa shape index (κ2) is 7.67. The van der Waals surface area contributed by atoms with Gasteiger partial charge in [0.2, 0.25) is 5.72 Å². The van der Waals surface area contributed by atoms with E-state index in [4.69, 9.17) is 4.74 Å². The molecule has 30 heavy (non-hydrogen) atoms. The van der Waals surface area contributed by atoms with Gasteiger partial charge in [-0.05, 0) is 24.1 Å². The summed E-state index contributed by atoms with van der Waals surface area (Å²) in [5.41, 5.74) is -3.39. The van der Waals surface area contributed by atoms with E-state index in [-0.39, 0.29) is 22.0 Å². The predicted octanol–water partition coefficient (Wildman–Crippen LogP) is 3.90. The molecule has 1 aliphatic rings. The maximum Gasteiger partial charge on any atom is 0.458 e. The van der Waals surface area contributed by atoms with Crippen LogP contribution in [-0.4, -0.2) is 46.2 Å². The zero-order chi connectivity index (χ0) is 22.2. The molecule has 0 aromatic heterocycles. The minimum atomic E-state index is -6.11. The molecule has 2 aromatic rings.